The van der Waals surface area contributed by atoms with Gasteiger partial charge < -0.3 is 24.4 Å². The van der Waals surface area contributed by atoms with Gasteiger partial charge in [0.2, 0.25) is 11.8 Å². The number of nitrogens with zero attached hydrogens (tertiary/aromatic N) is 2. The second-order valence-corrected chi connectivity index (χ2v) is 12.9. The number of hydrogen-bond donors (Lipinski definition) is 1. The van der Waals surface area contributed by atoms with Crippen LogP contribution in [0.3, 0.4) is 0 Å². The zero-order chi connectivity index (χ0) is 33.3. The van der Waals surface area contributed by atoms with Gasteiger partial charge in [0, 0.05) is 23.7 Å². The number of hydrogen-bond acceptors (Lipinski definition) is 7. The number of methoxy groups -OCH3 is 3. The van der Waals surface area contributed by atoms with E-state index >= 15 is 0 Å². The molecule has 0 heterocycles. The Balaban J connectivity index is 2.18. The standard InChI is InChI=1S/C33H42ClN3O7S/c1-8-23(4)35-33(39)27(9-2)36(20-24-12-10-11-22(3)17-24)32(38)21-37(28-18-25(34)13-15-29(28)42-5)45(40,41)26-14-16-30(43-6)31(19-26)44-7/h10-19,23,27H,8-9,20-21H2,1-7H3,(H,35,39)/t23-,27-/m1/s1. The van der Waals surface area contributed by atoms with E-state index in [1.165, 1.54) is 56.6 Å². The van der Waals surface area contributed by atoms with Crippen LogP contribution < -0.4 is 23.8 Å². The van der Waals surface area contributed by atoms with Gasteiger partial charge in [-0.25, -0.2) is 8.42 Å². The fourth-order valence-electron chi connectivity index (χ4n) is 4.84. The molecule has 2 amide bonds. The summed E-state index contributed by atoms with van der Waals surface area (Å²) in [7, 11) is -0.199. The monoisotopic (exact) mass is 659 g/mol. The molecule has 3 rings (SSSR count). The van der Waals surface area contributed by atoms with Crippen LogP contribution in [0, 0.1) is 6.92 Å². The molecule has 0 aliphatic rings. The molecule has 0 aliphatic heterocycles. The van der Waals surface area contributed by atoms with Crippen molar-refractivity contribution in [2.75, 3.05) is 32.2 Å². The number of halogens is 1. The van der Waals surface area contributed by atoms with Gasteiger partial charge >= 0.3 is 0 Å². The summed E-state index contributed by atoms with van der Waals surface area (Å²) in [6, 6.07) is 15.3. The maximum atomic E-state index is 14.4. The van der Waals surface area contributed by atoms with E-state index in [1.54, 1.807) is 6.07 Å². The van der Waals surface area contributed by atoms with E-state index in [1.807, 2.05) is 52.0 Å². The number of ether oxygens (including phenoxy) is 3. The van der Waals surface area contributed by atoms with Crippen LogP contribution in [0.25, 0.3) is 0 Å². The SMILES string of the molecule is CC[C@@H](C)NC(=O)[C@@H](CC)N(Cc1cccc(C)c1)C(=O)CN(c1cc(Cl)ccc1OC)S(=O)(=O)c1ccc(OC)c(OC)c1. The normalized spacial score (nSPS) is 12.5. The van der Waals surface area contributed by atoms with E-state index in [0.717, 1.165) is 15.4 Å². The summed E-state index contributed by atoms with van der Waals surface area (Å²) in [6.45, 7) is 7.04. The van der Waals surface area contributed by atoms with Crippen molar-refractivity contribution in [3.63, 3.8) is 0 Å². The first-order valence-electron chi connectivity index (χ1n) is 14.6. The third-order valence-electron chi connectivity index (χ3n) is 7.45. The van der Waals surface area contributed by atoms with Gasteiger partial charge in [0.05, 0.1) is 31.9 Å². The number of benzene rings is 3. The van der Waals surface area contributed by atoms with Gasteiger partial charge in [0.25, 0.3) is 10.0 Å². The molecule has 0 saturated heterocycles. The summed E-state index contributed by atoms with van der Waals surface area (Å²) < 4.78 is 45.9. The Bertz CT molecular complexity index is 1600. The maximum absolute atomic E-state index is 14.4. The average Bonchev–Trinajstić information content (AvgIpc) is 3.02. The number of rotatable bonds is 15. The van der Waals surface area contributed by atoms with Crippen LogP contribution in [0.15, 0.2) is 65.6 Å². The van der Waals surface area contributed by atoms with E-state index in [-0.39, 0.29) is 45.6 Å². The number of anilines is 1. The molecule has 0 bridgehead atoms. The number of amides is 2. The molecule has 1 N–H and O–H groups in total. The Hall–Kier alpha value is -3.96. The number of nitrogens with one attached hydrogen (secondary N) is 1. The lowest BCUT2D eigenvalue weighted by Crippen LogP contribution is -2.53. The lowest BCUT2D eigenvalue weighted by molar-refractivity contribution is -0.140. The van der Waals surface area contributed by atoms with Gasteiger partial charge in [-0.1, -0.05) is 55.3 Å². The van der Waals surface area contributed by atoms with Crippen LogP contribution in [-0.2, 0) is 26.2 Å². The van der Waals surface area contributed by atoms with Gasteiger partial charge in [-0.2, -0.15) is 0 Å². The predicted molar refractivity (Wildman–Crippen MR) is 176 cm³/mol. The molecule has 12 heteroatoms. The van der Waals surface area contributed by atoms with Crippen molar-refractivity contribution in [3.05, 3.63) is 76.8 Å². The molecule has 0 fully saturated rings. The maximum Gasteiger partial charge on any atom is 0.265 e. The highest BCUT2D eigenvalue weighted by molar-refractivity contribution is 7.92. The van der Waals surface area contributed by atoms with Crippen LogP contribution >= 0.6 is 11.6 Å². The summed E-state index contributed by atoms with van der Waals surface area (Å²) in [5, 5.41) is 3.21. The second-order valence-electron chi connectivity index (χ2n) is 10.6. The van der Waals surface area contributed by atoms with Crippen molar-refractivity contribution in [2.45, 2.75) is 64.1 Å². The molecule has 244 valence electrons. The Morgan fingerprint density at radius 2 is 1.56 bits per heavy atom. The highest BCUT2D eigenvalue weighted by Crippen LogP contribution is 2.37. The first-order chi connectivity index (χ1) is 21.4. The van der Waals surface area contributed by atoms with E-state index in [4.69, 9.17) is 25.8 Å². The quantitative estimate of drug-likeness (QED) is 0.226. The number of sulfonamides is 1. The second kappa shape index (κ2) is 15.9. The predicted octanol–water partition coefficient (Wildman–Crippen LogP) is 5.59. The van der Waals surface area contributed by atoms with Gasteiger partial charge in [0.15, 0.2) is 11.5 Å². The minimum absolute atomic E-state index is 0.0562. The van der Waals surface area contributed by atoms with Crippen LogP contribution in [0.5, 0.6) is 17.2 Å². The molecule has 0 unspecified atom stereocenters. The molecule has 3 aromatic rings. The number of aryl methyl sites for hydroxylation is 1. The van der Waals surface area contributed by atoms with E-state index in [2.05, 4.69) is 5.32 Å². The molecular weight excluding hydrogens is 618 g/mol. The summed E-state index contributed by atoms with van der Waals surface area (Å²) in [5.41, 5.74) is 1.84. The lowest BCUT2D eigenvalue weighted by Gasteiger charge is -2.34. The first-order valence-corrected chi connectivity index (χ1v) is 16.5. The number of carbonyl (C=O) groups excluding carboxylic acids is 2. The summed E-state index contributed by atoms with van der Waals surface area (Å²) in [6.07, 6.45) is 1.02. The van der Waals surface area contributed by atoms with Crippen LogP contribution in [0.1, 0.15) is 44.7 Å². The summed E-state index contributed by atoms with van der Waals surface area (Å²) in [5.74, 6) is -0.196. The molecule has 3 aromatic carbocycles. The van der Waals surface area contributed by atoms with Gasteiger partial charge in [-0.15, -0.1) is 0 Å². The van der Waals surface area contributed by atoms with Crippen LogP contribution in [0.2, 0.25) is 5.02 Å². The average molecular weight is 660 g/mol. The van der Waals surface area contributed by atoms with Crippen molar-refractivity contribution in [1.82, 2.24) is 10.2 Å². The molecular formula is C33H42ClN3O7S. The molecule has 0 saturated carbocycles. The Labute approximate surface area is 271 Å². The molecule has 0 spiro atoms. The minimum Gasteiger partial charge on any atom is -0.495 e. The molecule has 10 nitrogen and oxygen atoms in total. The topological polar surface area (TPSA) is 114 Å². The van der Waals surface area contributed by atoms with Crippen LogP contribution in [0.4, 0.5) is 5.69 Å². The van der Waals surface area contributed by atoms with E-state index < -0.39 is 28.5 Å². The Morgan fingerprint density at radius 1 is 0.889 bits per heavy atom. The zero-order valence-electron chi connectivity index (χ0n) is 26.8. The molecule has 0 radical (unpaired) electrons. The van der Waals surface area contributed by atoms with Gasteiger partial charge in [-0.3, -0.25) is 13.9 Å². The van der Waals surface area contributed by atoms with Gasteiger partial charge in [-0.05, 0) is 62.6 Å². The highest BCUT2D eigenvalue weighted by Gasteiger charge is 2.35. The van der Waals surface area contributed by atoms with Crippen molar-refractivity contribution in [3.8, 4) is 17.2 Å². The first kappa shape index (κ1) is 35.5. The Kier molecular flexibility index (Phi) is 12.5. The minimum atomic E-state index is -4.43. The molecule has 2 atom stereocenters. The summed E-state index contributed by atoms with van der Waals surface area (Å²) in [4.78, 5) is 29.2. The third kappa shape index (κ3) is 8.61. The fourth-order valence-corrected chi connectivity index (χ4v) is 6.44. The zero-order valence-corrected chi connectivity index (χ0v) is 28.4. The highest BCUT2D eigenvalue weighted by atomic mass is 35.5. The molecule has 0 aliphatic carbocycles. The van der Waals surface area contributed by atoms with Crippen molar-refractivity contribution in [2.24, 2.45) is 0 Å². The smallest absolute Gasteiger partial charge is 0.265 e. The van der Waals surface area contributed by atoms with Crippen molar-refractivity contribution >= 4 is 39.1 Å². The molecule has 45 heavy (non-hydrogen) atoms. The van der Waals surface area contributed by atoms with E-state index in [9.17, 15) is 18.0 Å². The fraction of sp³-hybridized carbons (Fsp3) is 0.394. The largest absolute Gasteiger partial charge is 0.495 e. The Morgan fingerprint density at radius 3 is 2.16 bits per heavy atom. The van der Waals surface area contributed by atoms with Crippen molar-refractivity contribution < 1.29 is 32.2 Å². The van der Waals surface area contributed by atoms with E-state index in [0.29, 0.717) is 18.6 Å². The summed E-state index contributed by atoms with van der Waals surface area (Å²) >= 11 is 6.34. The number of carbonyl (C=O) groups is 2. The van der Waals surface area contributed by atoms with Gasteiger partial charge in [0.1, 0.15) is 18.3 Å². The lowest BCUT2D eigenvalue weighted by atomic mass is 10.1. The van der Waals surface area contributed by atoms with Crippen LogP contribution in [-0.4, -0.2) is 65.1 Å². The third-order valence-corrected chi connectivity index (χ3v) is 9.44. The molecule has 0 aromatic heterocycles. The van der Waals surface area contributed by atoms with Crippen molar-refractivity contribution in [1.29, 1.82) is 0 Å².